The summed E-state index contributed by atoms with van der Waals surface area (Å²) in [6, 6.07) is 11.9. The van der Waals surface area contributed by atoms with E-state index in [1.165, 1.54) is 4.90 Å². The molecule has 0 spiro atoms. The summed E-state index contributed by atoms with van der Waals surface area (Å²) in [6.45, 7) is 5.22. The molecule has 2 fully saturated rings. The fraction of sp³-hybridized carbons (Fsp3) is 0.407. The van der Waals surface area contributed by atoms with Gasteiger partial charge in [0.25, 0.3) is 11.8 Å². The van der Waals surface area contributed by atoms with Crippen molar-refractivity contribution >= 4 is 23.6 Å². The van der Waals surface area contributed by atoms with E-state index in [-0.39, 0.29) is 24.1 Å². The van der Waals surface area contributed by atoms with Gasteiger partial charge >= 0.3 is 0 Å². The van der Waals surface area contributed by atoms with Gasteiger partial charge in [-0.1, -0.05) is 18.2 Å². The van der Waals surface area contributed by atoms with Crippen LogP contribution in [-0.2, 0) is 27.4 Å². The predicted molar refractivity (Wildman–Crippen MR) is 133 cm³/mol. The Bertz CT molecular complexity index is 1210. The van der Waals surface area contributed by atoms with Crippen LogP contribution in [0, 0.1) is 0 Å². The Balaban J connectivity index is 1.15. The molecule has 0 saturated carbocycles. The zero-order valence-electron chi connectivity index (χ0n) is 20.5. The van der Waals surface area contributed by atoms with E-state index in [0.717, 1.165) is 44.0 Å². The molecule has 3 aliphatic heterocycles. The minimum absolute atomic E-state index is 0.216. The van der Waals surface area contributed by atoms with Gasteiger partial charge < -0.3 is 19.7 Å². The van der Waals surface area contributed by atoms with Crippen LogP contribution in [0.15, 0.2) is 42.5 Å². The Hall–Kier alpha value is -3.76. The second-order valence-corrected chi connectivity index (χ2v) is 9.40. The Morgan fingerprint density at radius 1 is 1.11 bits per heavy atom. The molecule has 2 N–H and O–H groups in total. The van der Waals surface area contributed by atoms with Crippen molar-refractivity contribution < 1.29 is 28.7 Å². The molecule has 3 aliphatic rings. The van der Waals surface area contributed by atoms with Crippen LogP contribution in [0.2, 0.25) is 0 Å². The third kappa shape index (κ3) is 5.81. The lowest BCUT2D eigenvalue weighted by Crippen LogP contribution is -2.52. The van der Waals surface area contributed by atoms with Gasteiger partial charge in [0.05, 0.1) is 13.2 Å². The van der Waals surface area contributed by atoms with Crippen molar-refractivity contribution in [3.8, 4) is 5.75 Å². The Morgan fingerprint density at radius 2 is 1.95 bits per heavy atom. The highest BCUT2D eigenvalue weighted by atomic mass is 16.5. The maximum atomic E-state index is 12.9. The molecule has 2 aromatic carbocycles. The van der Waals surface area contributed by atoms with Gasteiger partial charge in [0.1, 0.15) is 18.4 Å². The second kappa shape index (κ2) is 11.1. The number of carbonyl (C=O) groups excluding carboxylic acids is 4. The number of benzene rings is 2. The van der Waals surface area contributed by atoms with Crippen molar-refractivity contribution in [3.05, 3.63) is 64.7 Å². The fourth-order valence-corrected chi connectivity index (χ4v) is 4.87. The van der Waals surface area contributed by atoms with E-state index in [4.69, 9.17) is 9.47 Å². The molecule has 2 aromatic rings. The monoisotopic (exact) mass is 506 g/mol. The Labute approximate surface area is 214 Å². The number of piperidine rings is 1. The molecule has 0 aromatic heterocycles. The number of carbonyl (C=O) groups is 4. The largest absolute Gasteiger partial charge is 0.492 e. The number of fused-ring (bicyclic) bond motifs is 1. The average Bonchev–Trinajstić information content (AvgIpc) is 3.23. The summed E-state index contributed by atoms with van der Waals surface area (Å²) in [5, 5.41) is 5.23. The van der Waals surface area contributed by atoms with E-state index < -0.39 is 11.9 Å². The van der Waals surface area contributed by atoms with Crippen LogP contribution in [0.4, 0.5) is 0 Å². The number of morpholine rings is 1. The summed E-state index contributed by atoms with van der Waals surface area (Å²) in [6.07, 6.45) is 0.539. The van der Waals surface area contributed by atoms with E-state index in [1.807, 2.05) is 12.1 Å². The predicted octanol–water partition coefficient (Wildman–Crippen LogP) is 1.09. The van der Waals surface area contributed by atoms with Gasteiger partial charge in [-0.25, -0.2) is 0 Å². The third-order valence-corrected chi connectivity index (χ3v) is 6.92. The molecule has 37 heavy (non-hydrogen) atoms. The third-order valence-electron chi connectivity index (χ3n) is 6.92. The highest BCUT2D eigenvalue weighted by Gasteiger charge is 2.39. The molecule has 10 heteroatoms. The first-order valence-electron chi connectivity index (χ1n) is 12.6. The van der Waals surface area contributed by atoms with Gasteiger partial charge in [-0.2, -0.15) is 0 Å². The van der Waals surface area contributed by atoms with E-state index in [1.54, 1.807) is 30.3 Å². The van der Waals surface area contributed by atoms with Crippen molar-refractivity contribution in [2.45, 2.75) is 32.0 Å². The van der Waals surface area contributed by atoms with Gasteiger partial charge in [-0.3, -0.25) is 29.4 Å². The number of hydrogen-bond acceptors (Lipinski definition) is 7. The number of nitrogens with one attached hydrogen (secondary N) is 2. The normalized spacial score (nSPS) is 19.9. The molecule has 194 valence electrons. The smallest absolute Gasteiger partial charge is 0.255 e. The first-order valence-corrected chi connectivity index (χ1v) is 12.6. The van der Waals surface area contributed by atoms with Crippen molar-refractivity contribution in [1.29, 1.82) is 0 Å². The fourth-order valence-electron chi connectivity index (χ4n) is 4.87. The maximum absolute atomic E-state index is 12.9. The van der Waals surface area contributed by atoms with E-state index >= 15 is 0 Å². The first-order chi connectivity index (χ1) is 18.0. The SMILES string of the molecule is O=C1CCC(N2Cc3cc(CNC(=O)c4cccc(OCCN5CCOCC5)c4)ccc3C2=O)C(=O)N1. The molecule has 0 aliphatic carbocycles. The zero-order valence-corrected chi connectivity index (χ0v) is 20.5. The number of imide groups is 1. The summed E-state index contributed by atoms with van der Waals surface area (Å²) in [4.78, 5) is 53.1. The molecule has 3 heterocycles. The lowest BCUT2D eigenvalue weighted by atomic mass is 10.0. The number of rotatable bonds is 8. The lowest BCUT2D eigenvalue weighted by molar-refractivity contribution is -0.136. The zero-order chi connectivity index (χ0) is 25.8. The second-order valence-electron chi connectivity index (χ2n) is 9.40. The summed E-state index contributed by atoms with van der Waals surface area (Å²) in [5.41, 5.74) is 2.70. The van der Waals surface area contributed by atoms with Crippen LogP contribution >= 0.6 is 0 Å². The maximum Gasteiger partial charge on any atom is 0.255 e. The van der Waals surface area contributed by atoms with Gasteiger partial charge in [-0.15, -0.1) is 0 Å². The lowest BCUT2D eigenvalue weighted by Gasteiger charge is -2.29. The number of hydrogen-bond donors (Lipinski definition) is 2. The molecule has 1 unspecified atom stereocenters. The van der Waals surface area contributed by atoms with Gasteiger partial charge in [0.2, 0.25) is 11.8 Å². The van der Waals surface area contributed by atoms with Gasteiger partial charge in [-0.05, 0) is 41.8 Å². The number of ether oxygens (including phenoxy) is 2. The quantitative estimate of drug-likeness (QED) is 0.515. The summed E-state index contributed by atoms with van der Waals surface area (Å²) >= 11 is 0. The van der Waals surface area contributed by atoms with Crippen LogP contribution in [0.5, 0.6) is 5.75 Å². The molecule has 4 amide bonds. The molecular formula is C27H30N4O6. The van der Waals surface area contributed by atoms with Crippen LogP contribution in [0.25, 0.3) is 0 Å². The van der Waals surface area contributed by atoms with Crippen LogP contribution in [0.1, 0.15) is 44.7 Å². The molecular weight excluding hydrogens is 476 g/mol. The Morgan fingerprint density at radius 3 is 2.76 bits per heavy atom. The van der Waals surface area contributed by atoms with E-state index in [2.05, 4.69) is 15.5 Å². The molecule has 0 bridgehead atoms. The van der Waals surface area contributed by atoms with E-state index in [9.17, 15) is 19.2 Å². The average molecular weight is 507 g/mol. The number of nitrogens with zero attached hydrogens (tertiary/aromatic N) is 2. The molecule has 5 rings (SSSR count). The molecule has 0 radical (unpaired) electrons. The van der Waals surface area contributed by atoms with Gasteiger partial charge in [0, 0.05) is 50.3 Å². The Kier molecular flexibility index (Phi) is 7.47. The van der Waals surface area contributed by atoms with Crippen molar-refractivity contribution in [2.75, 3.05) is 39.5 Å². The van der Waals surface area contributed by atoms with E-state index in [0.29, 0.717) is 43.0 Å². The summed E-state index contributed by atoms with van der Waals surface area (Å²) < 4.78 is 11.2. The van der Waals surface area contributed by atoms with Crippen molar-refractivity contribution in [1.82, 2.24) is 20.4 Å². The van der Waals surface area contributed by atoms with Crippen LogP contribution < -0.4 is 15.4 Å². The van der Waals surface area contributed by atoms with Crippen LogP contribution in [0.3, 0.4) is 0 Å². The van der Waals surface area contributed by atoms with Crippen molar-refractivity contribution in [3.63, 3.8) is 0 Å². The highest BCUT2D eigenvalue weighted by Crippen LogP contribution is 2.28. The molecule has 10 nitrogen and oxygen atoms in total. The van der Waals surface area contributed by atoms with Gasteiger partial charge in [0.15, 0.2) is 0 Å². The minimum atomic E-state index is -0.649. The summed E-state index contributed by atoms with van der Waals surface area (Å²) in [5.74, 6) is -0.540. The topological polar surface area (TPSA) is 117 Å². The van der Waals surface area contributed by atoms with Crippen LogP contribution in [-0.4, -0.2) is 78.9 Å². The number of amides is 4. The summed E-state index contributed by atoms with van der Waals surface area (Å²) in [7, 11) is 0. The highest BCUT2D eigenvalue weighted by molar-refractivity contribution is 6.05. The van der Waals surface area contributed by atoms with Crippen molar-refractivity contribution in [2.24, 2.45) is 0 Å². The standard InChI is InChI=1S/C27H30N4O6/c32-24-7-6-23(26(34)29-24)31-17-20-14-18(4-5-22(20)27(31)35)16-28-25(33)19-2-1-3-21(15-19)37-13-10-30-8-11-36-12-9-30/h1-5,14-15,23H,6-13,16-17H2,(H,28,33)(H,29,32,34). The molecule has 1 atom stereocenters. The molecule has 2 saturated heterocycles. The minimum Gasteiger partial charge on any atom is -0.492 e. The first kappa shape index (κ1) is 24.9.